The van der Waals surface area contributed by atoms with E-state index in [4.69, 9.17) is 47.0 Å². The van der Waals surface area contributed by atoms with E-state index >= 15 is 0 Å². The minimum Gasteiger partial charge on any atom is -0.550 e. The molecule has 384 valence electrons. The molecule has 0 aliphatic carbocycles. The topological polar surface area (TPSA) is 166 Å². The molecule has 0 N–H and O–H groups in total. The number of halogens is 3. The Balaban J connectivity index is 0.00000111. The molecule has 0 unspecified atom stereocenters. The van der Waals surface area contributed by atoms with Crippen molar-refractivity contribution in [1.82, 2.24) is 19.6 Å². The van der Waals surface area contributed by atoms with Gasteiger partial charge >= 0.3 is 75.7 Å². The third-order valence-corrected chi connectivity index (χ3v) is 13.1. The van der Waals surface area contributed by atoms with Crippen LogP contribution < -0.4 is 56.5 Å². The summed E-state index contributed by atoms with van der Waals surface area (Å²) in [4.78, 5) is 71.5. The maximum Gasteiger partial charge on any atom is 1.00 e. The van der Waals surface area contributed by atoms with E-state index in [2.05, 4.69) is 59.7 Å². The van der Waals surface area contributed by atoms with E-state index in [0.29, 0.717) is 37.7 Å². The van der Waals surface area contributed by atoms with Crippen molar-refractivity contribution in [2.75, 3.05) is 40.3 Å². The summed E-state index contributed by atoms with van der Waals surface area (Å²) in [5, 5.41) is 11.2. The molecule has 0 saturated carbocycles. The molecule has 2 aromatic carbocycles. The average molecular weight is 1100 g/mol. The average Bonchev–Trinajstić information content (AvgIpc) is 3.16. The van der Waals surface area contributed by atoms with E-state index in [1.807, 2.05) is 118 Å². The first kappa shape index (κ1) is 66.9. The SMILES string of the molecule is CC(C)(C)CC(=O)[O-].CN(Cc1cccc(Cl)c1Br)C1(C)CCN(C(=O)OC(C)(C)C)CC1.CN(Cc1cccc(Cl)c1CC(=O)OC(C)(C)C)C1(C)CCN(C(=O)OC(C)(C)C)CC1.O=C=O.[K+]. The van der Waals surface area contributed by atoms with Crippen molar-refractivity contribution in [2.24, 2.45) is 5.41 Å². The predicted molar refractivity (Wildman–Crippen MR) is 268 cm³/mol. The summed E-state index contributed by atoms with van der Waals surface area (Å²) in [6, 6.07) is 11.7. The van der Waals surface area contributed by atoms with E-state index in [1.165, 1.54) is 5.56 Å². The maximum atomic E-state index is 12.4. The number of nitrogens with zero attached hydrogens (tertiary/aromatic N) is 4. The summed E-state index contributed by atoms with van der Waals surface area (Å²) >= 11 is 16.3. The van der Waals surface area contributed by atoms with Gasteiger partial charge in [0, 0.05) is 65.8 Å². The normalized spacial score (nSPS) is 15.6. The summed E-state index contributed by atoms with van der Waals surface area (Å²) in [5.41, 5.74) is 1.34. The van der Waals surface area contributed by atoms with Crippen LogP contribution in [0.4, 0.5) is 9.59 Å². The zero-order valence-corrected chi connectivity index (χ0v) is 50.7. The van der Waals surface area contributed by atoms with Crippen LogP contribution in [-0.2, 0) is 52.9 Å². The zero-order chi connectivity index (χ0) is 52.6. The van der Waals surface area contributed by atoms with E-state index in [1.54, 1.807) is 4.90 Å². The van der Waals surface area contributed by atoms with Gasteiger partial charge in [0.2, 0.25) is 0 Å². The largest absolute Gasteiger partial charge is 1.00 e. The monoisotopic (exact) mass is 1090 g/mol. The molecule has 0 atom stereocenters. The summed E-state index contributed by atoms with van der Waals surface area (Å²) in [7, 11) is 4.22. The molecule has 14 nitrogen and oxygen atoms in total. The van der Waals surface area contributed by atoms with Crippen molar-refractivity contribution in [3.63, 3.8) is 0 Å². The number of aliphatic carboxylic acids is 1. The molecular formula is C51H78BrCl2KN4O10. The second-order valence-corrected chi connectivity index (χ2v) is 23.8. The second kappa shape index (κ2) is 29.0. The third kappa shape index (κ3) is 25.9. The molecule has 2 aliphatic heterocycles. The standard InChI is InChI=1S/C25H39ClN2O4.C19H28BrClN2O2.C6H12O2.CO2.K/c1-23(2,3)31-21(29)16-19-18(10-9-11-20(19)26)17-27(8)25(7)12-14-28(15-13-25)22(30)32-24(4,5)6;1-18(2,3)25-17(24)23-11-9-19(4,10-12-23)22(5)13-14-7-6-8-15(21)16(14)20;1-6(2,3)4-5(7)8;2-1-3;/h9-11H,12-17H2,1-8H3;6-8H,9-13H2,1-5H3;4H2,1-3H3,(H,7,8);;/q;;;;+1/p-1. The fourth-order valence-corrected chi connectivity index (χ4v) is 8.07. The van der Waals surface area contributed by atoms with Crippen LogP contribution in [0, 0.1) is 5.41 Å². The first-order valence-corrected chi connectivity index (χ1v) is 24.5. The number of ether oxygens (including phenoxy) is 3. The van der Waals surface area contributed by atoms with Crippen molar-refractivity contribution >= 4 is 69.4 Å². The molecule has 69 heavy (non-hydrogen) atoms. The number of likely N-dealkylation sites (tertiary alicyclic amines) is 2. The van der Waals surface area contributed by atoms with Crippen molar-refractivity contribution in [3.8, 4) is 0 Å². The third-order valence-electron chi connectivity index (χ3n) is 11.3. The van der Waals surface area contributed by atoms with Crippen LogP contribution in [0.2, 0.25) is 10.0 Å². The van der Waals surface area contributed by atoms with Gasteiger partial charge in [0.25, 0.3) is 0 Å². The molecule has 0 radical (unpaired) electrons. The van der Waals surface area contributed by atoms with Crippen molar-refractivity contribution in [3.05, 3.63) is 67.6 Å². The van der Waals surface area contributed by atoms with E-state index in [9.17, 15) is 24.3 Å². The molecule has 2 heterocycles. The van der Waals surface area contributed by atoms with Crippen LogP contribution in [0.1, 0.15) is 146 Å². The number of carboxylic acid groups (broad SMARTS) is 1. The Hall–Kier alpha value is -2.08. The molecule has 0 bridgehead atoms. The van der Waals surface area contributed by atoms with Crippen molar-refractivity contribution < 1.29 is 99.5 Å². The quantitative estimate of drug-likeness (QED) is 0.139. The Bertz CT molecular complexity index is 2010. The Morgan fingerprint density at radius 3 is 1.35 bits per heavy atom. The first-order valence-electron chi connectivity index (χ1n) is 22.9. The van der Waals surface area contributed by atoms with Gasteiger partial charge in [0.05, 0.1) is 11.4 Å². The second-order valence-electron chi connectivity index (χ2n) is 22.2. The minimum absolute atomic E-state index is 0. The summed E-state index contributed by atoms with van der Waals surface area (Å²) in [5.74, 6) is -1.26. The zero-order valence-electron chi connectivity index (χ0n) is 44.5. The predicted octanol–water partition coefficient (Wildman–Crippen LogP) is 7.36. The number of carbonyl (C=O) groups excluding carboxylic acids is 6. The number of benzene rings is 2. The minimum atomic E-state index is -0.975. The summed E-state index contributed by atoms with van der Waals surface area (Å²) in [6.07, 6.45) is 3.57. The van der Waals surface area contributed by atoms with Gasteiger partial charge in [-0.3, -0.25) is 14.6 Å². The Labute approximate surface area is 473 Å². The van der Waals surface area contributed by atoms with Gasteiger partial charge in [0.15, 0.2) is 0 Å². The van der Waals surface area contributed by atoms with Crippen LogP contribution in [-0.4, -0.2) is 118 Å². The number of rotatable bonds is 9. The number of hydrogen-bond donors (Lipinski definition) is 0. The van der Waals surface area contributed by atoms with E-state index in [0.717, 1.165) is 52.9 Å². The molecule has 0 spiro atoms. The number of carbonyl (C=O) groups is 4. The molecule has 4 rings (SSSR count). The van der Waals surface area contributed by atoms with Gasteiger partial charge in [-0.25, -0.2) is 9.59 Å². The van der Waals surface area contributed by atoms with E-state index in [-0.39, 0.29) is 105 Å². The molecular weight excluding hydrogens is 1020 g/mol. The number of amides is 2. The number of carboxylic acids is 1. The van der Waals surface area contributed by atoms with Gasteiger partial charge in [-0.05, 0) is 173 Å². The molecule has 2 aliphatic rings. The Morgan fingerprint density at radius 2 is 1.01 bits per heavy atom. The fourth-order valence-electron chi connectivity index (χ4n) is 7.23. The number of piperidine rings is 2. The van der Waals surface area contributed by atoms with Crippen LogP contribution >= 0.6 is 39.1 Å². The Kier molecular flexibility index (Phi) is 28.1. The smallest absolute Gasteiger partial charge is 0.550 e. The van der Waals surface area contributed by atoms with Crippen LogP contribution in [0.25, 0.3) is 0 Å². The van der Waals surface area contributed by atoms with Gasteiger partial charge in [-0.2, -0.15) is 9.59 Å². The molecule has 2 aromatic rings. The molecule has 2 amide bonds. The molecule has 2 saturated heterocycles. The number of hydrogen-bond acceptors (Lipinski definition) is 12. The van der Waals surface area contributed by atoms with Crippen LogP contribution in [0.15, 0.2) is 40.9 Å². The fraction of sp³-hybridized carbons (Fsp3) is 0.667. The van der Waals surface area contributed by atoms with E-state index < -0.39 is 22.8 Å². The molecule has 2 fully saturated rings. The van der Waals surface area contributed by atoms with Crippen LogP contribution in [0.5, 0.6) is 0 Å². The number of esters is 1. The van der Waals surface area contributed by atoms with Gasteiger partial charge < -0.3 is 33.9 Å². The summed E-state index contributed by atoms with van der Waals surface area (Å²) < 4.78 is 17.5. The van der Waals surface area contributed by atoms with Gasteiger partial charge in [-0.1, -0.05) is 68.2 Å². The van der Waals surface area contributed by atoms with Crippen LogP contribution in [0.3, 0.4) is 0 Å². The first-order chi connectivity index (χ1) is 30.9. The van der Waals surface area contributed by atoms with Gasteiger partial charge in [0.1, 0.15) is 16.8 Å². The van der Waals surface area contributed by atoms with Gasteiger partial charge in [-0.15, -0.1) is 0 Å². The molecule has 0 aromatic heterocycles. The van der Waals surface area contributed by atoms with Crippen molar-refractivity contribution in [1.29, 1.82) is 0 Å². The Morgan fingerprint density at radius 1 is 0.667 bits per heavy atom. The van der Waals surface area contributed by atoms with Crippen molar-refractivity contribution in [2.45, 2.75) is 176 Å². The molecule has 18 heteroatoms. The summed E-state index contributed by atoms with van der Waals surface area (Å²) in [6.45, 7) is 31.2. The maximum absolute atomic E-state index is 12.4.